The van der Waals surface area contributed by atoms with E-state index in [4.69, 9.17) is 0 Å². The van der Waals surface area contributed by atoms with Crippen LogP contribution in [0.1, 0.15) is 97.9 Å². The van der Waals surface area contributed by atoms with Crippen LogP contribution in [0, 0.1) is 11.7 Å². The zero-order chi connectivity index (χ0) is 30.8. The van der Waals surface area contributed by atoms with Crippen LogP contribution in [-0.4, -0.2) is 41.7 Å². The highest BCUT2D eigenvalue weighted by atomic mass is 32.2. The molecule has 5 nitrogen and oxygen atoms in total. The number of hydrogen-bond donors (Lipinski definition) is 2. The van der Waals surface area contributed by atoms with Gasteiger partial charge in [0.25, 0.3) is 5.91 Å². The summed E-state index contributed by atoms with van der Waals surface area (Å²) in [7, 11) is 0. The number of thioether (sulfide) groups is 1. The molecule has 1 aromatic rings. The van der Waals surface area contributed by atoms with Crippen LogP contribution in [0.5, 0.6) is 0 Å². The molecule has 2 aliphatic carbocycles. The summed E-state index contributed by atoms with van der Waals surface area (Å²) in [5.74, 6) is -0.410. The van der Waals surface area contributed by atoms with Gasteiger partial charge in [0.15, 0.2) is 0 Å². The quantitative estimate of drug-likeness (QED) is 0.311. The van der Waals surface area contributed by atoms with E-state index >= 15 is 0 Å². The van der Waals surface area contributed by atoms with Crippen molar-refractivity contribution in [3.05, 3.63) is 87.4 Å². The average Bonchev–Trinajstić information content (AvgIpc) is 3.70. The van der Waals surface area contributed by atoms with Gasteiger partial charge in [0, 0.05) is 31.2 Å². The zero-order valence-corrected chi connectivity index (χ0v) is 27.2. The fourth-order valence-corrected chi connectivity index (χ4v) is 6.80. The highest BCUT2D eigenvalue weighted by Gasteiger charge is 2.24. The van der Waals surface area contributed by atoms with Crippen LogP contribution in [0.2, 0.25) is 0 Å². The van der Waals surface area contributed by atoms with Gasteiger partial charge >= 0.3 is 0 Å². The van der Waals surface area contributed by atoms with E-state index in [0.717, 1.165) is 67.8 Å². The first kappa shape index (κ1) is 33.4. The van der Waals surface area contributed by atoms with Crippen LogP contribution < -0.4 is 10.6 Å². The Kier molecular flexibility index (Phi) is 12.7. The van der Waals surface area contributed by atoms with Gasteiger partial charge in [-0.15, -0.1) is 0 Å². The zero-order valence-electron chi connectivity index (χ0n) is 26.4. The molecule has 0 bridgehead atoms. The van der Waals surface area contributed by atoms with Crippen LogP contribution in [0.25, 0.3) is 4.91 Å². The number of halogens is 1. The number of benzene rings is 1. The smallest absolute Gasteiger partial charge is 0.254 e. The summed E-state index contributed by atoms with van der Waals surface area (Å²) in [5, 5.41) is 6.55. The highest BCUT2D eigenvalue weighted by Crippen LogP contribution is 2.38. The summed E-state index contributed by atoms with van der Waals surface area (Å²) in [6, 6.07) is 4.69. The Hall–Kier alpha value is -3.06. The van der Waals surface area contributed by atoms with E-state index in [1.165, 1.54) is 28.4 Å². The molecule has 230 valence electrons. The van der Waals surface area contributed by atoms with Crippen molar-refractivity contribution in [2.75, 3.05) is 13.1 Å². The average molecular weight is 596 g/mol. The van der Waals surface area contributed by atoms with E-state index in [9.17, 15) is 14.0 Å². The van der Waals surface area contributed by atoms with Gasteiger partial charge in [0.2, 0.25) is 6.41 Å². The number of likely N-dealkylation sites (tertiary alicyclic amines) is 1. The van der Waals surface area contributed by atoms with Gasteiger partial charge in [-0.2, -0.15) is 0 Å². The predicted molar refractivity (Wildman–Crippen MR) is 177 cm³/mol. The molecule has 5 rings (SSSR count). The van der Waals surface area contributed by atoms with Gasteiger partial charge in [0.1, 0.15) is 5.82 Å². The van der Waals surface area contributed by atoms with Crippen molar-refractivity contribution in [2.45, 2.75) is 92.0 Å². The van der Waals surface area contributed by atoms with Crippen molar-refractivity contribution < 1.29 is 15.4 Å². The Morgan fingerprint density at radius 2 is 1.90 bits per heavy atom. The molecule has 1 unspecified atom stereocenters. The molecule has 0 spiro atoms. The van der Waals surface area contributed by atoms with Crippen molar-refractivity contribution in [1.82, 2.24) is 15.5 Å². The van der Waals surface area contributed by atoms with Crippen molar-refractivity contribution in [2.24, 2.45) is 5.92 Å². The lowest BCUT2D eigenvalue weighted by Crippen LogP contribution is -2.38. The summed E-state index contributed by atoms with van der Waals surface area (Å²) in [5.41, 5.74) is 7.91. The first-order chi connectivity index (χ1) is 20.1. The van der Waals surface area contributed by atoms with Crippen molar-refractivity contribution in [3.8, 4) is 0 Å². The maximum atomic E-state index is 14.3. The molecule has 7 heteroatoms. The first-order valence-corrected chi connectivity index (χ1v) is 16.2. The molecular formula is C35H50FN3O2S. The third-order valence-corrected chi connectivity index (χ3v) is 9.14. The topological polar surface area (TPSA) is 61.4 Å². The summed E-state index contributed by atoms with van der Waals surface area (Å²) in [6.07, 6.45) is 15.0. The largest absolute Gasteiger partial charge is 0.376 e. The number of allylic oxidation sites excluding steroid dienone is 9. The molecule has 2 N–H and O–H groups in total. The highest BCUT2D eigenvalue weighted by molar-refractivity contribution is 8.09. The van der Waals surface area contributed by atoms with Gasteiger partial charge in [-0.1, -0.05) is 67.1 Å². The van der Waals surface area contributed by atoms with Gasteiger partial charge in [-0.25, -0.2) is 4.39 Å². The van der Waals surface area contributed by atoms with E-state index in [1.807, 2.05) is 27.7 Å². The molecule has 2 heterocycles. The summed E-state index contributed by atoms with van der Waals surface area (Å²) in [6.45, 7) is 15.9. The van der Waals surface area contributed by atoms with E-state index in [2.05, 4.69) is 55.7 Å². The number of amides is 2. The normalized spacial score (nSPS) is 20.7. The van der Waals surface area contributed by atoms with E-state index in [0.29, 0.717) is 5.92 Å². The molecule has 2 amide bonds. The Labute approximate surface area is 258 Å². The summed E-state index contributed by atoms with van der Waals surface area (Å²) >= 11 is 1.68. The lowest BCUT2D eigenvalue weighted by atomic mass is 9.91. The van der Waals surface area contributed by atoms with Crippen LogP contribution in [0.3, 0.4) is 0 Å². The van der Waals surface area contributed by atoms with Crippen LogP contribution in [-0.2, 0) is 4.79 Å². The monoisotopic (exact) mass is 595 g/mol. The molecule has 0 saturated carbocycles. The minimum absolute atomic E-state index is 0. The lowest BCUT2D eigenvalue weighted by Gasteiger charge is -2.30. The summed E-state index contributed by atoms with van der Waals surface area (Å²) < 4.78 is 14.3. The molecule has 0 aromatic heterocycles. The Bertz CT molecular complexity index is 1290. The minimum atomic E-state index is -0.505. The second kappa shape index (κ2) is 16.0. The van der Waals surface area contributed by atoms with Crippen molar-refractivity contribution in [1.29, 1.82) is 0 Å². The van der Waals surface area contributed by atoms with Gasteiger partial charge < -0.3 is 15.5 Å². The number of hydrogen-bond acceptors (Lipinski definition) is 4. The van der Waals surface area contributed by atoms with Gasteiger partial charge in [-0.3, -0.25) is 9.59 Å². The van der Waals surface area contributed by atoms with E-state index < -0.39 is 5.82 Å². The molecule has 2 aliphatic heterocycles. The Morgan fingerprint density at radius 1 is 1.19 bits per heavy atom. The third kappa shape index (κ3) is 9.22. The van der Waals surface area contributed by atoms with Crippen molar-refractivity contribution in [3.63, 3.8) is 0 Å². The number of nitrogens with zero attached hydrogens (tertiary/aromatic N) is 1. The first-order valence-electron chi connectivity index (χ1n) is 15.3. The predicted octanol–water partition coefficient (Wildman–Crippen LogP) is 8.38. The maximum absolute atomic E-state index is 14.3. The van der Waals surface area contributed by atoms with Gasteiger partial charge in [-0.05, 0) is 101 Å². The number of rotatable bonds is 7. The lowest BCUT2D eigenvalue weighted by molar-refractivity contribution is -0.119. The maximum Gasteiger partial charge on any atom is 0.254 e. The Balaban J connectivity index is 0.000000358. The van der Waals surface area contributed by atoms with Crippen LogP contribution in [0.15, 0.2) is 70.5 Å². The molecular weight excluding hydrogens is 545 g/mol. The Morgan fingerprint density at radius 3 is 2.45 bits per heavy atom. The fourth-order valence-electron chi connectivity index (χ4n) is 5.71. The second-order valence-corrected chi connectivity index (χ2v) is 12.8. The molecule has 1 fully saturated rings. The standard InChI is InChI=1S/C21H28FN3O2S.C12H14.C2H6.H2/c1-13(10-16-6-8-25(12-26)9-7-16)23-21(27)18-11-17(4-5-19(18)22)20-14(2)24-15(3)28-20;1-9-3-5-11(7-9)12-6-4-10(2)8-12;1-2;/h4-5,11-13,15-16,24H,6-10H2,1-3H3,(H,23,27);3-5,8H,6-7H2,1-2H3;1-2H3;1H/t13-,15?;;;/m0.../s1. The minimum Gasteiger partial charge on any atom is -0.376 e. The van der Waals surface area contributed by atoms with Crippen LogP contribution >= 0.6 is 11.8 Å². The molecule has 1 aromatic carbocycles. The number of piperidine rings is 1. The van der Waals surface area contributed by atoms with E-state index in [1.54, 1.807) is 28.8 Å². The molecule has 42 heavy (non-hydrogen) atoms. The number of carbonyl (C=O) groups is 2. The third-order valence-electron chi connectivity index (χ3n) is 7.89. The van der Waals surface area contributed by atoms with Gasteiger partial charge in [0.05, 0.1) is 10.9 Å². The number of nitrogens with one attached hydrogen (secondary N) is 2. The second-order valence-electron chi connectivity index (χ2n) is 11.5. The molecule has 0 radical (unpaired) electrons. The molecule has 1 saturated heterocycles. The van der Waals surface area contributed by atoms with Crippen molar-refractivity contribution >= 4 is 29.0 Å². The number of carbonyl (C=O) groups excluding carboxylic acids is 2. The molecule has 2 atom stereocenters. The summed E-state index contributed by atoms with van der Waals surface area (Å²) in [4.78, 5) is 26.3. The molecule has 4 aliphatic rings. The SMILES string of the molecule is CC.CC1=C(c2ccc(F)c(C(=O)N[C@@H](C)CC3CCN(C=O)CC3)c2)SC(C)N1.CC1=CCC(C2=CC=C(C)C2)=C1.[HH]. The fraction of sp³-hybridized carbons (Fsp3) is 0.486. The van der Waals surface area contributed by atoms with E-state index in [-0.39, 0.29) is 24.3 Å². The van der Waals surface area contributed by atoms with Crippen LogP contribution in [0.4, 0.5) is 4.39 Å².